The van der Waals surface area contributed by atoms with Crippen molar-refractivity contribution >= 4 is 11.3 Å². The molecule has 0 amide bonds. The summed E-state index contributed by atoms with van der Waals surface area (Å²) in [6.45, 7) is 4.33. The van der Waals surface area contributed by atoms with Gasteiger partial charge in [-0.15, -0.1) is 11.3 Å². The molecular formula is C9H15NOS. The minimum absolute atomic E-state index is 0.0867. The molecule has 0 fully saturated rings. The summed E-state index contributed by atoms with van der Waals surface area (Å²) in [5.74, 6) is 0. The van der Waals surface area contributed by atoms with E-state index in [0.717, 1.165) is 25.0 Å². The van der Waals surface area contributed by atoms with Crippen molar-refractivity contribution in [3.8, 4) is 0 Å². The van der Waals surface area contributed by atoms with E-state index >= 15 is 0 Å². The van der Waals surface area contributed by atoms with Gasteiger partial charge in [0.2, 0.25) is 0 Å². The van der Waals surface area contributed by atoms with Gasteiger partial charge >= 0.3 is 0 Å². The van der Waals surface area contributed by atoms with Crippen molar-refractivity contribution in [3.05, 3.63) is 15.6 Å². The smallest absolute Gasteiger partial charge is 0.0932 e. The van der Waals surface area contributed by atoms with Crippen molar-refractivity contribution in [1.82, 2.24) is 4.98 Å². The van der Waals surface area contributed by atoms with E-state index < -0.39 is 0 Å². The molecule has 1 N–H and O–H groups in total. The maximum Gasteiger partial charge on any atom is 0.0932 e. The molecule has 0 aliphatic rings. The molecule has 0 saturated heterocycles. The predicted octanol–water partition coefficient (Wildman–Crippen LogP) is 2.15. The fourth-order valence-corrected chi connectivity index (χ4v) is 2.28. The van der Waals surface area contributed by atoms with Crippen LogP contribution in [0.3, 0.4) is 0 Å². The van der Waals surface area contributed by atoms with Gasteiger partial charge in [0.15, 0.2) is 0 Å². The molecule has 0 bridgehead atoms. The van der Waals surface area contributed by atoms with Gasteiger partial charge < -0.3 is 5.11 Å². The molecule has 0 aromatic carbocycles. The van der Waals surface area contributed by atoms with E-state index in [9.17, 15) is 0 Å². The molecule has 3 heteroatoms. The first-order valence-electron chi connectivity index (χ1n) is 4.40. The van der Waals surface area contributed by atoms with E-state index in [0.29, 0.717) is 0 Å². The van der Waals surface area contributed by atoms with E-state index in [4.69, 9.17) is 5.11 Å². The van der Waals surface area contributed by atoms with Crippen molar-refractivity contribution in [3.63, 3.8) is 0 Å². The molecule has 0 atom stereocenters. The molecule has 0 unspecified atom stereocenters. The number of aliphatic hydroxyl groups is 1. The van der Waals surface area contributed by atoms with E-state index in [1.165, 1.54) is 9.88 Å². The van der Waals surface area contributed by atoms with Crippen molar-refractivity contribution in [2.75, 3.05) is 0 Å². The maximum absolute atomic E-state index is 8.98. The normalized spacial score (nSPS) is 10.6. The fraction of sp³-hybridized carbons (Fsp3) is 0.667. The van der Waals surface area contributed by atoms with Crippen LogP contribution in [0.15, 0.2) is 0 Å². The lowest BCUT2D eigenvalue weighted by Crippen LogP contribution is -1.89. The Morgan fingerprint density at radius 2 is 2.17 bits per heavy atom. The Kier molecular flexibility index (Phi) is 3.69. The number of aromatic nitrogens is 1. The summed E-state index contributed by atoms with van der Waals surface area (Å²) in [6.07, 6.45) is 3.15. The monoisotopic (exact) mass is 185 g/mol. The zero-order valence-corrected chi connectivity index (χ0v) is 8.45. The van der Waals surface area contributed by atoms with Crippen LogP contribution < -0.4 is 0 Å². The number of rotatable bonds is 4. The molecule has 0 spiro atoms. The summed E-state index contributed by atoms with van der Waals surface area (Å²) in [5, 5.41) is 10.1. The summed E-state index contributed by atoms with van der Waals surface area (Å²) < 4.78 is 0. The highest BCUT2D eigenvalue weighted by atomic mass is 32.1. The van der Waals surface area contributed by atoms with E-state index in [-0.39, 0.29) is 6.61 Å². The summed E-state index contributed by atoms with van der Waals surface area (Å²) >= 11 is 1.74. The molecule has 1 aromatic heterocycles. The van der Waals surface area contributed by atoms with Gasteiger partial charge in [0, 0.05) is 4.88 Å². The molecule has 68 valence electrons. The highest BCUT2D eigenvalue weighted by Crippen LogP contribution is 2.20. The Balaban J connectivity index is 2.81. The third-order valence-corrected chi connectivity index (χ3v) is 3.06. The van der Waals surface area contributed by atoms with Crippen LogP contribution in [0.2, 0.25) is 0 Å². The third-order valence-electron chi connectivity index (χ3n) is 1.76. The van der Waals surface area contributed by atoms with Crippen LogP contribution in [-0.2, 0) is 19.4 Å². The van der Waals surface area contributed by atoms with Gasteiger partial charge in [0.05, 0.1) is 17.3 Å². The molecule has 2 nitrogen and oxygen atoms in total. The fourth-order valence-electron chi connectivity index (χ4n) is 1.16. The van der Waals surface area contributed by atoms with Gasteiger partial charge in [-0.1, -0.05) is 13.8 Å². The van der Waals surface area contributed by atoms with Crippen LogP contribution in [0.4, 0.5) is 0 Å². The number of hydrogen-bond donors (Lipinski definition) is 1. The number of aryl methyl sites for hydroxylation is 2. The second kappa shape index (κ2) is 4.58. The summed E-state index contributed by atoms with van der Waals surface area (Å²) in [4.78, 5) is 5.59. The first-order valence-corrected chi connectivity index (χ1v) is 5.21. The minimum Gasteiger partial charge on any atom is -0.390 e. The van der Waals surface area contributed by atoms with Crippen LogP contribution in [0.1, 0.15) is 35.8 Å². The molecule has 1 heterocycles. The lowest BCUT2D eigenvalue weighted by atomic mass is 10.3. The molecular weight excluding hydrogens is 170 g/mol. The molecule has 12 heavy (non-hydrogen) atoms. The first-order chi connectivity index (χ1) is 5.81. The van der Waals surface area contributed by atoms with Gasteiger partial charge in [-0.25, -0.2) is 4.98 Å². The molecule has 0 aliphatic heterocycles. The van der Waals surface area contributed by atoms with E-state index in [2.05, 4.69) is 18.8 Å². The van der Waals surface area contributed by atoms with Crippen LogP contribution in [0.5, 0.6) is 0 Å². The van der Waals surface area contributed by atoms with Crippen molar-refractivity contribution in [2.45, 2.75) is 39.7 Å². The molecule has 0 radical (unpaired) electrons. The number of nitrogens with zero attached hydrogens (tertiary/aromatic N) is 1. The highest BCUT2D eigenvalue weighted by Gasteiger charge is 2.07. The minimum atomic E-state index is 0.0867. The second-order valence-electron chi connectivity index (χ2n) is 2.74. The highest BCUT2D eigenvalue weighted by molar-refractivity contribution is 7.11. The van der Waals surface area contributed by atoms with Gasteiger partial charge in [-0.2, -0.15) is 0 Å². The van der Waals surface area contributed by atoms with Crippen LogP contribution in [-0.4, -0.2) is 10.1 Å². The standard InChI is InChI=1S/C9H15NOS/c1-3-5-9-10-7(6-11)8(4-2)12-9/h11H,3-6H2,1-2H3. The lowest BCUT2D eigenvalue weighted by molar-refractivity contribution is 0.276. The lowest BCUT2D eigenvalue weighted by Gasteiger charge is -1.90. The van der Waals surface area contributed by atoms with Crippen molar-refractivity contribution in [2.24, 2.45) is 0 Å². The second-order valence-corrected chi connectivity index (χ2v) is 3.91. The molecule has 1 aromatic rings. The Bertz CT molecular complexity index is 223. The average molecular weight is 185 g/mol. The van der Waals surface area contributed by atoms with Crippen LogP contribution in [0.25, 0.3) is 0 Å². The van der Waals surface area contributed by atoms with Gasteiger partial charge in [-0.3, -0.25) is 0 Å². The van der Waals surface area contributed by atoms with Gasteiger partial charge in [0.25, 0.3) is 0 Å². The van der Waals surface area contributed by atoms with E-state index in [1.54, 1.807) is 11.3 Å². The van der Waals surface area contributed by atoms with Crippen LogP contribution in [0, 0.1) is 0 Å². The van der Waals surface area contributed by atoms with E-state index in [1.807, 2.05) is 0 Å². The molecule has 0 aliphatic carbocycles. The SMILES string of the molecule is CCCc1nc(CO)c(CC)s1. The zero-order chi connectivity index (χ0) is 8.97. The largest absolute Gasteiger partial charge is 0.390 e. The number of aliphatic hydroxyl groups excluding tert-OH is 1. The summed E-state index contributed by atoms with van der Waals surface area (Å²) in [7, 11) is 0. The Morgan fingerprint density at radius 3 is 2.58 bits per heavy atom. The van der Waals surface area contributed by atoms with Gasteiger partial charge in [-0.05, 0) is 19.3 Å². The van der Waals surface area contributed by atoms with Crippen LogP contribution >= 0.6 is 11.3 Å². The Hall–Kier alpha value is -0.410. The van der Waals surface area contributed by atoms with Crippen molar-refractivity contribution < 1.29 is 5.11 Å². The summed E-state index contributed by atoms with van der Waals surface area (Å²) in [6, 6.07) is 0. The quantitative estimate of drug-likeness (QED) is 0.779. The van der Waals surface area contributed by atoms with Gasteiger partial charge in [0.1, 0.15) is 0 Å². The predicted molar refractivity (Wildman–Crippen MR) is 51.4 cm³/mol. The summed E-state index contributed by atoms with van der Waals surface area (Å²) in [5.41, 5.74) is 0.881. The molecule has 0 saturated carbocycles. The Morgan fingerprint density at radius 1 is 1.42 bits per heavy atom. The van der Waals surface area contributed by atoms with Crippen molar-refractivity contribution in [1.29, 1.82) is 0 Å². The molecule has 1 rings (SSSR count). The first kappa shape index (κ1) is 9.68. The number of thiazole rings is 1. The topological polar surface area (TPSA) is 33.1 Å². The zero-order valence-electron chi connectivity index (χ0n) is 7.63. The maximum atomic E-state index is 8.98. The third kappa shape index (κ3) is 2.05. The number of hydrogen-bond acceptors (Lipinski definition) is 3. The average Bonchev–Trinajstić information content (AvgIpc) is 2.48. The Labute approximate surface area is 77.3 Å².